The van der Waals surface area contributed by atoms with Crippen LogP contribution in [0.2, 0.25) is 0 Å². The minimum Gasteiger partial charge on any atom is -0.726 e. The number of rotatable bonds is 21. The minimum absolute atomic E-state index is 0. The summed E-state index contributed by atoms with van der Waals surface area (Å²) in [5, 5.41) is 162. The number of hydrogen-bond acceptors (Lipinski definition) is 56. The number of aliphatic hydroxyl groups is 14. The van der Waals surface area contributed by atoms with E-state index in [1.807, 2.05) is 0 Å². The first-order valence-electron chi connectivity index (χ1n) is 29.1. The van der Waals surface area contributed by atoms with Gasteiger partial charge in [0, 0.05) is 0 Å². The van der Waals surface area contributed by atoms with Gasteiger partial charge in [0.05, 0.1) is 46.2 Å². The van der Waals surface area contributed by atoms with Crippen LogP contribution in [0.5, 0.6) is 0 Å². The van der Waals surface area contributed by atoms with Gasteiger partial charge in [-0.25, -0.2) is 58.9 Å². The maximum atomic E-state index is 11.8. The van der Waals surface area contributed by atoms with Crippen molar-refractivity contribution in [1.29, 1.82) is 0 Å². The van der Waals surface area contributed by atoms with Crippen molar-refractivity contribution < 1.29 is 465 Å². The van der Waals surface area contributed by atoms with Gasteiger partial charge in [-0.2, -0.15) is 0 Å². The maximum Gasteiger partial charge on any atom is 1.00 e. The monoisotopic (exact) mass is 1850 g/mol. The average Bonchev–Trinajstić information content (AvgIpc) is 0.778. The van der Waals surface area contributed by atoms with E-state index in [2.05, 4.69) is 29.3 Å². The molecule has 0 spiro atoms. The Morgan fingerprint density at radius 1 is 0.179 bits per heavy atom. The molecule has 14 N–H and O–H groups in total. The molecule has 0 saturated carbocycles. The zero-order valence-corrected chi connectivity index (χ0v) is 78.1. The summed E-state index contributed by atoms with van der Waals surface area (Å²) < 4.78 is 355. The smallest absolute Gasteiger partial charge is 0.726 e. The van der Waals surface area contributed by atoms with Gasteiger partial charge in [0.15, 0.2) is 44.0 Å². The molecule has 0 unspecified atom stereocenters. The van der Waals surface area contributed by atoms with Crippen LogP contribution in [-0.4, -0.2) is 423 Å². The van der Waals surface area contributed by atoms with E-state index >= 15 is 0 Å². The molecule has 21 heterocycles. The molecular formula is C42H63Na7O56S7. The van der Waals surface area contributed by atoms with Crippen molar-refractivity contribution in [2.45, 2.75) is 215 Å². The second-order valence-electron chi connectivity index (χ2n) is 23.2. The molecule has 35 atom stereocenters. The van der Waals surface area contributed by atoms with Gasteiger partial charge in [0.1, 0.15) is 171 Å². The predicted octanol–water partition coefficient (Wildman–Crippen LogP) is -39.8. The molecule has 21 aliphatic rings. The Kier molecular flexibility index (Phi) is 48.6. The molecule has 21 saturated heterocycles. The summed E-state index contributed by atoms with van der Waals surface area (Å²) in [7, 11) is -41.6. The molecule has 0 radical (unpaired) electrons. The summed E-state index contributed by atoms with van der Waals surface area (Å²) in [6, 6.07) is 0. The van der Waals surface area contributed by atoms with Crippen LogP contribution in [-0.2, 0) is 168 Å². The Balaban J connectivity index is 0.00000896. The first kappa shape index (κ1) is 115. The van der Waals surface area contributed by atoms with Gasteiger partial charge in [-0.1, -0.05) is 0 Å². The van der Waals surface area contributed by atoms with E-state index in [1.54, 1.807) is 0 Å². The molecule has 0 aromatic carbocycles. The Hall–Kier alpha value is 4.97. The molecule has 0 aliphatic carbocycles. The van der Waals surface area contributed by atoms with Gasteiger partial charge in [0.2, 0.25) is 72.8 Å². The molecule has 56 nitrogen and oxygen atoms in total. The van der Waals surface area contributed by atoms with Crippen LogP contribution in [0, 0.1) is 0 Å². The first-order chi connectivity index (χ1) is 48.2. The van der Waals surface area contributed by atoms with Crippen LogP contribution >= 0.6 is 0 Å². The van der Waals surface area contributed by atoms with E-state index in [-0.39, 0.29) is 207 Å². The van der Waals surface area contributed by atoms with Gasteiger partial charge >= 0.3 is 207 Å². The molecule has 21 aliphatic heterocycles. The van der Waals surface area contributed by atoms with Crippen molar-refractivity contribution in [2.24, 2.45) is 0 Å². The summed E-state index contributed by atoms with van der Waals surface area (Å²) in [5.74, 6) is 0. The predicted molar refractivity (Wildman–Crippen MR) is 288 cm³/mol. The summed E-state index contributed by atoms with van der Waals surface area (Å²) >= 11 is 0. The van der Waals surface area contributed by atoms with Gasteiger partial charge in [-0.15, -0.1) is 0 Å². The summed E-state index contributed by atoms with van der Waals surface area (Å²) in [5.41, 5.74) is 0. The van der Waals surface area contributed by atoms with E-state index in [0.717, 1.165) is 0 Å². The molecule has 21 rings (SSSR count). The van der Waals surface area contributed by atoms with Crippen LogP contribution in [0.3, 0.4) is 0 Å². The third-order valence-electron chi connectivity index (χ3n) is 16.2. The zero-order chi connectivity index (χ0) is 78.5. The van der Waals surface area contributed by atoms with Crippen LogP contribution < -0.4 is 207 Å². The minimum atomic E-state index is -5.94. The maximum absolute atomic E-state index is 11.8. The Labute approximate surface area is 788 Å². The Bertz CT molecular complexity index is 3080. The van der Waals surface area contributed by atoms with Gasteiger partial charge < -0.3 is 170 Å². The van der Waals surface area contributed by atoms with E-state index < -0.39 is 334 Å². The molecule has 112 heavy (non-hydrogen) atoms. The molecule has 0 aromatic heterocycles. The van der Waals surface area contributed by atoms with Crippen molar-refractivity contribution in [2.75, 3.05) is 46.2 Å². The van der Waals surface area contributed by atoms with Crippen LogP contribution in [0.25, 0.3) is 0 Å². The fraction of sp³-hybridized carbons (Fsp3) is 1.00. The van der Waals surface area contributed by atoms with Gasteiger partial charge in [-0.05, 0) is 0 Å². The van der Waals surface area contributed by atoms with Gasteiger partial charge in [-0.3, -0.25) is 29.3 Å². The first-order valence-corrected chi connectivity index (χ1v) is 38.4. The number of hydrogen-bond donors (Lipinski definition) is 14. The summed E-state index contributed by atoms with van der Waals surface area (Å²) in [6.07, 6.45) is -95.2. The average molecular weight is 1850 g/mol. The third kappa shape index (κ3) is 32.3. The van der Waals surface area contributed by atoms with E-state index in [1.165, 1.54) is 0 Å². The largest absolute Gasteiger partial charge is 1.00 e. The SMILES string of the molecule is O=S(=O)([O-])OC[C@H]1O[C@@H]2O[C@H]3[C@H](O)[C@@H](O)[C@@H](O[C@H]4[C@H](O)[C@@H](O)[C@@H](O[C@H]5[C@H](O)[C@@H](O)[C@@H](O[C@H]6[C@H](O)[C@@H](O)[C@@H](O[C@H]7[C@H](O)[C@@H](O)[C@@H](O[C@H]8[C@H](O)[C@@H](O)[C@@H](O[C@H]1[C@H](O)[C@H]2O)O[C@@H]8COS(=O)(=O)[O-])O[C@@H]7COS(=O)(=O)[O-])O[C@@H]6COS(=O)(=O)[O-])O[C@@H]5COS(=O)(=O)[O-])O[C@@H]4COS(=O)(=O)[O-])O[C@@H]3COS(=O)(=O)[O-].[Na+].[Na+].[Na+].[Na+].[Na+].[Na+].[Na+]. The van der Waals surface area contributed by atoms with E-state index in [0.29, 0.717) is 0 Å². The molecule has 70 heteroatoms. The van der Waals surface area contributed by atoms with E-state index in [4.69, 9.17) is 66.3 Å². The van der Waals surface area contributed by atoms with Gasteiger partial charge in [0.25, 0.3) is 0 Å². The topological polar surface area (TPSA) is 877 Å². The van der Waals surface area contributed by atoms with Crippen molar-refractivity contribution in [1.82, 2.24) is 0 Å². The van der Waals surface area contributed by atoms with Crippen LogP contribution in [0.15, 0.2) is 0 Å². The van der Waals surface area contributed by atoms with Crippen molar-refractivity contribution >= 4 is 72.8 Å². The second kappa shape index (κ2) is 47.3. The molecule has 14 bridgehead atoms. The van der Waals surface area contributed by atoms with Crippen LogP contribution in [0.1, 0.15) is 0 Å². The molecular weight excluding hydrogens is 1790 g/mol. The molecule has 616 valence electrons. The second-order valence-corrected chi connectivity index (χ2v) is 30.6. The summed E-state index contributed by atoms with van der Waals surface area (Å²) in [6.45, 7) is -12.2. The van der Waals surface area contributed by atoms with Crippen LogP contribution in [0.4, 0.5) is 0 Å². The Morgan fingerprint density at radius 2 is 0.268 bits per heavy atom. The van der Waals surface area contributed by atoms with Crippen molar-refractivity contribution in [3.63, 3.8) is 0 Å². The van der Waals surface area contributed by atoms with Crippen molar-refractivity contribution in [3.8, 4) is 0 Å². The van der Waals surface area contributed by atoms with E-state index in [9.17, 15) is 162 Å². The normalized spacial score (nSPS) is 42.1. The molecule has 0 amide bonds. The number of ether oxygens (including phenoxy) is 14. The summed E-state index contributed by atoms with van der Waals surface area (Å²) in [4.78, 5) is 0. The molecule has 0 aromatic rings. The molecule has 21 fully saturated rings. The standard InChI is InChI=1S/C42H70O56S7.7Na/c43-15-22(50)36-85-8(1-78-99(57,58)59)29(15)92-37-23(51)16(44)31(10(86-37)3-80-101(63,64)65)94-39-25(53)18(46)33(12(88-39)5-82-103(69,70)71)96-41-27(55)20(48)35(14(90-41)7-84-105(75,76)77)98-42-28(56)21(49)34(13(91-42)6-83-104(72,73)74)97-40-26(54)19(47)32(11(89-40)4-81-102(66,67)68)95-38-24(52)17(45)30(93-36)9(87-38)2-79-100(60,61)62;;;;;;;/h8-56H,1-7H2,(H,57,58,59)(H,60,61,62)(H,63,64,65)(H,66,67,68)(H,69,70,71)(H,72,73,74)(H,75,76,77);;;;;;;/q;7*+1/p-7/t8-,9-,10-,11-,12-,13-,14-,15-,16-,17-,18-,19-,20-,21-,22-,23-,24-,25-,26-,27-,28-,29-,30-,31-,32-,33-,34-,35-,36-,37-,38-,39-,40-,41-,42-;;;;;;;/m1......./s1. The van der Waals surface area contributed by atoms with Crippen molar-refractivity contribution in [3.05, 3.63) is 0 Å². The Morgan fingerprint density at radius 3 is 0.348 bits per heavy atom. The number of aliphatic hydroxyl groups excluding tert-OH is 14. The fourth-order valence-electron chi connectivity index (χ4n) is 11.4. The zero-order valence-electron chi connectivity index (χ0n) is 58.4. The third-order valence-corrected chi connectivity index (χ3v) is 19.1. The quantitative estimate of drug-likeness (QED) is 0.0288. The fourth-order valence-corrected chi connectivity index (χ4v) is 13.5.